The number of carbonyl (C=O) groups is 4. The Morgan fingerprint density at radius 3 is 2.12 bits per heavy atom. The summed E-state index contributed by atoms with van der Waals surface area (Å²) in [6.07, 6.45) is 2.31. The van der Waals surface area contributed by atoms with Crippen LogP contribution in [0.1, 0.15) is 45.2 Å². The number of fused-ring (bicyclic) bond motifs is 1. The van der Waals surface area contributed by atoms with E-state index in [1.54, 1.807) is 32.2 Å². The zero-order chi connectivity index (χ0) is 31.0. The highest BCUT2D eigenvalue weighted by atomic mass is 16.4. The van der Waals surface area contributed by atoms with E-state index < -0.39 is 47.9 Å². The SMILES string of the molecule is CCC(C)C(NC(=O)C(N)C(C)C)C(=O)NC(Cc1ccc(O)cc1)C(=O)NC(Cc1c[nH]c2ccccc12)C(=O)O. The van der Waals surface area contributed by atoms with Crippen molar-refractivity contribution in [2.45, 2.75) is 71.1 Å². The number of phenolic OH excluding ortho intramolecular Hbond substituents is 1. The Hall–Kier alpha value is -4.38. The minimum atomic E-state index is -1.27. The highest BCUT2D eigenvalue weighted by Gasteiger charge is 2.33. The van der Waals surface area contributed by atoms with Crippen LogP contribution in [0.25, 0.3) is 10.9 Å². The molecule has 1 aromatic heterocycles. The summed E-state index contributed by atoms with van der Waals surface area (Å²) in [5.74, 6) is -3.38. The second-order valence-electron chi connectivity index (χ2n) is 11.0. The molecule has 42 heavy (non-hydrogen) atoms. The molecule has 3 amide bonds. The molecule has 3 rings (SSSR count). The van der Waals surface area contributed by atoms with E-state index in [1.807, 2.05) is 38.1 Å². The maximum Gasteiger partial charge on any atom is 0.326 e. The lowest BCUT2D eigenvalue weighted by Gasteiger charge is -2.28. The van der Waals surface area contributed by atoms with E-state index in [2.05, 4.69) is 20.9 Å². The van der Waals surface area contributed by atoms with Crippen LogP contribution in [-0.2, 0) is 32.0 Å². The maximum atomic E-state index is 13.6. The molecule has 3 aromatic rings. The number of carboxylic acids is 1. The number of carbonyl (C=O) groups excluding carboxylic acids is 3. The molecule has 0 radical (unpaired) electrons. The third kappa shape index (κ3) is 8.32. The zero-order valence-corrected chi connectivity index (χ0v) is 24.4. The molecule has 0 saturated heterocycles. The summed E-state index contributed by atoms with van der Waals surface area (Å²) in [7, 11) is 0. The Morgan fingerprint density at radius 1 is 0.857 bits per heavy atom. The summed E-state index contributed by atoms with van der Waals surface area (Å²) in [5.41, 5.74) is 8.19. The molecule has 0 saturated carbocycles. The molecule has 0 aliphatic heterocycles. The first kappa shape index (κ1) is 32.1. The van der Waals surface area contributed by atoms with Crippen molar-refractivity contribution in [1.82, 2.24) is 20.9 Å². The van der Waals surface area contributed by atoms with E-state index in [9.17, 15) is 29.4 Å². The largest absolute Gasteiger partial charge is 0.508 e. The number of nitrogens with two attached hydrogens (primary N) is 1. The highest BCUT2D eigenvalue weighted by molar-refractivity contribution is 5.94. The lowest BCUT2D eigenvalue weighted by atomic mass is 9.95. The predicted molar refractivity (Wildman–Crippen MR) is 160 cm³/mol. The smallest absolute Gasteiger partial charge is 0.326 e. The summed E-state index contributed by atoms with van der Waals surface area (Å²) in [6, 6.07) is 9.34. The first-order chi connectivity index (χ1) is 19.9. The van der Waals surface area contributed by atoms with E-state index >= 15 is 0 Å². The van der Waals surface area contributed by atoms with Gasteiger partial charge in [-0.05, 0) is 41.2 Å². The normalized spacial score (nSPS) is 14.9. The van der Waals surface area contributed by atoms with Crippen LogP contribution < -0.4 is 21.7 Å². The quantitative estimate of drug-likeness (QED) is 0.152. The second-order valence-corrected chi connectivity index (χ2v) is 11.0. The molecule has 0 aliphatic carbocycles. The molecule has 8 N–H and O–H groups in total. The van der Waals surface area contributed by atoms with Crippen molar-refractivity contribution in [3.05, 3.63) is 65.9 Å². The molecular weight excluding hydrogens is 538 g/mol. The number of amides is 3. The summed E-state index contributed by atoms with van der Waals surface area (Å²) < 4.78 is 0. The summed E-state index contributed by atoms with van der Waals surface area (Å²) >= 11 is 0. The minimum absolute atomic E-state index is 0.0175. The van der Waals surface area contributed by atoms with Crippen LogP contribution in [0.3, 0.4) is 0 Å². The lowest BCUT2D eigenvalue weighted by molar-refractivity contribution is -0.142. The van der Waals surface area contributed by atoms with E-state index in [-0.39, 0.29) is 30.4 Å². The zero-order valence-electron chi connectivity index (χ0n) is 24.4. The van der Waals surface area contributed by atoms with E-state index in [4.69, 9.17) is 5.73 Å². The van der Waals surface area contributed by atoms with Gasteiger partial charge in [0.05, 0.1) is 6.04 Å². The molecule has 5 unspecified atom stereocenters. The number of carboxylic acid groups (broad SMARTS) is 1. The number of hydrogen-bond donors (Lipinski definition) is 7. The van der Waals surface area contributed by atoms with Crippen LogP contribution in [0.15, 0.2) is 54.7 Å². The van der Waals surface area contributed by atoms with E-state index in [1.165, 1.54) is 12.1 Å². The second kappa shape index (κ2) is 14.5. The standard InChI is InChI=1S/C31H41N5O6/c1-5-18(4)27(36-29(39)26(32)17(2)3)30(40)34-24(14-19-10-12-21(37)13-11-19)28(38)35-25(31(41)42)15-20-16-33-23-9-7-6-8-22(20)23/h6-13,16-18,24-27,33,37H,5,14-15,32H2,1-4H3,(H,34,40)(H,35,38)(H,36,39)(H,41,42). The van der Waals surface area contributed by atoms with Gasteiger partial charge in [0.25, 0.3) is 0 Å². The van der Waals surface area contributed by atoms with Gasteiger partial charge in [0.2, 0.25) is 17.7 Å². The Labute approximate surface area is 245 Å². The van der Waals surface area contributed by atoms with Crippen LogP contribution >= 0.6 is 0 Å². The third-order valence-electron chi connectivity index (χ3n) is 7.54. The van der Waals surface area contributed by atoms with E-state index in [0.717, 1.165) is 16.5 Å². The molecule has 11 heteroatoms. The molecular formula is C31H41N5O6. The Morgan fingerprint density at radius 2 is 1.50 bits per heavy atom. The predicted octanol–water partition coefficient (Wildman–Crippen LogP) is 2.23. The van der Waals surface area contributed by atoms with Crippen molar-refractivity contribution in [2.24, 2.45) is 17.6 Å². The van der Waals surface area contributed by atoms with Gasteiger partial charge in [0, 0.05) is 29.9 Å². The summed E-state index contributed by atoms with van der Waals surface area (Å²) in [6.45, 7) is 7.29. The number of benzene rings is 2. The Bertz CT molecular complexity index is 1390. The van der Waals surface area contributed by atoms with Crippen molar-refractivity contribution < 1.29 is 29.4 Å². The van der Waals surface area contributed by atoms with Crippen molar-refractivity contribution in [3.8, 4) is 5.75 Å². The molecule has 2 aromatic carbocycles. The molecule has 0 bridgehead atoms. The molecule has 226 valence electrons. The van der Waals surface area contributed by atoms with Crippen LogP contribution in [0, 0.1) is 11.8 Å². The van der Waals surface area contributed by atoms with E-state index in [0.29, 0.717) is 12.0 Å². The Balaban J connectivity index is 1.85. The third-order valence-corrected chi connectivity index (χ3v) is 7.54. The van der Waals surface area contributed by atoms with Gasteiger partial charge < -0.3 is 36.9 Å². The van der Waals surface area contributed by atoms with Gasteiger partial charge in [-0.25, -0.2) is 4.79 Å². The number of H-pyrrole nitrogens is 1. The topological polar surface area (TPSA) is 187 Å². The fourth-order valence-corrected chi connectivity index (χ4v) is 4.59. The number of aromatic hydroxyl groups is 1. The van der Waals surface area contributed by atoms with Crippen LogP contribution in [0.5, 0.6) is 5.75 Å². The molecule has 5 atom stereocenters. The number of rotatable bonds is 14. The average molecular weight is 580 g/mol. The van der Waals surface area contributed by atoms with Crippen LogP contribution in [0.2, 0.25) is 0 Å². The number of para-hydroxylation sites is 1. The van der Waals surface area contributed by atoms with Gasteiger partial charge in [0.15, 0.2) is 0 Å². The first-order valence-corrected chi connectivity index (χ1v) is 14.1. The molecule has 11 nitrogen and oxygen atoms in total. The number of phenols is 1. The number of aliphatic carboxylic acids is 1. The van der Waals surface area contributed by atoms with Crippen molar-refractivity contribution in [3.63, 3.8) is 0 Å². The minimum Gasteiger partial charge on any atom is -0.508 e. The first-order valence-electron chi connectivity index (χ1n) is 14.1. The molecule has 1 heterocycles. The summed E-state index contributed by atoms with van der Waals surface area (Å²) in [5, 5.41) is 28.6. The van der Waals surface area contributed by atoms with Crippen molar-refractivity contribution in [1.29, 1.82) is 0 Å². The number of aromatic nitrogens is 1. The lowest BCUT2D eigenvalue weighted by Crippen LogP contribution is -2.59. The van der Waals surface area contributed by atoms with Crippen LogP contribution in [0.4, 0.5) is 0 Å². The van der Waals surface area contributed by atoms with Gasteiger partial charge >= 0.3 is 5.97 Å². The van der Waals surface area contributed by atoms with Crippen LogP contribution in [-0.4, -0.2) is 63.1 Å². The van der Waals surface area contributed by atoms with Gasteiger partial charge in [-0.3, -0.25) is 14.4 Å². The number of aromatic amines is 1. The molecule has 0 fully saturated rings. The van der Waals surface area contributed by atoms with Gasteiger partial charge in [-0.2, -0.15) is 0 Å². The summed E-state index contributed by atoms with van der Waals surface area (Å²) in [4.78, 5) is 55.2. The average Bonchev–Trinajstić information content (AvgIpc) is 3.37. The van der Waals surface area contributed by atoms with Gasteiger partial charge in [-0.15, -0.1) is 0 Å². The monoisotopic (exact) mass is 579 g/mol. The van der Waals surface area contributed by atoms with Crippen molar-refractivity contribution >= 4 is 34.6 Å². The fourth-order valence-electron chi connectivity index (χ4n) is 4.59. The number of hydrogen-bond acceptors (Lipinski definition) is 6. The maximum absolute atomic E-state index is 13.6. The number of nitrogens with one attached hydrogen (secondary N) is 4. The van der Waals surface area contributed by atoms with Gasteiger partial charge in [-0.1, -0.05) is 64.4 Å². The van der Waals surface area contributed by atoms with Gasteiger partial charge in [0.1, 0.15) is 23.9 Å². The highest BCUT2D eigenvalue weighted by Crippen LogP contribution is 2.20. The molecule has 0 spiro atoms. The fraction of sp³-hybridized carbons (Fsp3) is 0.419. The van der Waals surface area contributed by atoms with Crippen molar-refractivity contribution in [2.75, 3.05) is 0 Å². The molecule has 0 aliphatic rings. The Kier molecular flexibility index (Phi) is 11.1.